The fourth-order valence-corrected chi connectivity index (χ4v) is 2.73. The van der Waals surface area contributed by atoms with Gasteiger partial charge in [-0.15, -0.1) is 10.2 Å². The predicted molar refractivity (Wildman–Crippen MR) is 81.4 cm³/mol. The number of nitrogens with one attached hydrogen (secondary N) is 1. The third kappa shape index (κ3) is 4.18. The molecular weight excluding hydrogens is 372 g/mol. The first-order valence-electron chi connectivity index (χ1n) is 6.48. The monoisotopic (exact) mass is 382 g/mol. The van der Waals surface area contributed by atoms with Crippen molar-refractivity contribution in [1.29, 1.82) is 0 Å². The van der Waals surface area contributed by atoms with Gasteiger partial charge in [-0.3, -0.25) is 4.79 Å². The first kappa shape index (κ1) is 18.5. The second-order valence-corrected chi connectivity index (χ2v) is 6.45. The highest BCUT2D eigenvalue weighted by Gasteiger charge is 2.37. The van der Waals surface area contributed by atoms with E-state index in [1.54, 1.807) is 0 Å². The van der Waals surface area contributed by atoms with Crippen molar-refractivity contribution in [2.45, 2.75) is 23.5 Å². The average Bonchev–Trinajstić information content (AvgIpc) is 2.83. The number of benzene rings is 1. The van der Waals surface area contributed by atoms with Gasteiger partial charge in [0.25, 0.3) is 0 Å². The van der Waals surface area contributed by atoms with Gasteiger partial charge in [0.05, 0.1) is 16.0 Å². The lowest BCUT2D eigenvalue weighted by atomic mass is 10.3. The van der Waals surface area contributed by atoms with Crippen molar-refractivity contribution in [2.75, 3.05) is 5.32 Å². The van der Waals surface area contributed by atoms with Crippen LogP contribution in [0.5, 0.6) is 0 Å². The fourth-order valence-electron chi connectivity index (χ4n) is 1.70. The highest BCUT2D eigenvalue weighted by Crippen LogP contribution is 2.31. The van der Waals surface area contributed by atoms with Crippen LogP contribution < -0.4 is 5.32 Å². The van der Waals surface area contributed by atoms with E-state index in [1.165, 1.54) is 13.0 Å². The Labute approximate surface area is 143 Å². The van der Waals surface area contributed by atoms with Gasteiger partial charge in [-0.1, -0.05) is 23.4 Å². The number of carbonyl (C=O) groups excluding carboxylic acids is 1. The van der Waals surface area contributed by atoms with E-state index >= 15 is 0 Å². The number of halogens is 5. The summed E-state index contributed by atoms with van der Waals surface area (Å²) in [6.45, 7) is 1.49. The van der Waals surface area contributed by atoms with Crippen LogP contribution in [0.3, 0.4) is 0 Å². The number of hydrogen-bond acceptors (Lipinski definition) is 4. The summed E-state index contributed by atoms with van der Waals surface area (Å²) in [6.07, 6.45) is -4.63. The van der Waals surface area contributed by atoms with Gasteiger partial charge >= 0.3 is 6.18 Å². The summed E-state index contributed by atoms with van der Waals surface area (Å²) in [5, 5.41) is 8.17. The lowest BCUT2D eigenvalue weighted by Crippen LogP contribution is -2.23. The highest BCUT2D eigenvalue weighted by molar-refractivity contribution is 8.00. The summed E-state index contributed by atoms with van der Waals surface area (Å²) < 4.78 is 51.7. The molecule has 1 amide bonds. The molecule has 0 saturated carbocycles. The molecule has 2 aromatic rings. The Morgan fingerprint density at radius 3 is 2.58 bits per heavy atom. The van der Waals surface area contributed by atoms with Crippen LogP contribution in [0.2, 0.25) is 5.02 Å². The maximum absolute atomic E-state index is 13.0. The predicted octanol–water partition coefficient (Wildman–Crippen LogP) is 3.75. The lowest BCUT2D eigenvalue weighted by molar-refractivity contribution is -0.147. The van der Waals surface area contributed by atoms with E-state index in [4.69, 9.17) is 11.6 Å². The number of anilines is 1. The van der Waals surface area contributed by atoms with Gasteiger partial charge in [0.15, 0.2) is 5.16 Å². The van der Waals surface area contributed by atoms with E-state index in [9.17, 15) is 22.4 Å². The molecule has 24 heavy (non-hydrogen) atoms. The van der Waals surface area contributed by atoms with Crippen molar-refractivity contribution < 1.29 is 22.4 Å². The third-order valence-corrected chi connectivity index (χ3v) is 4.38. The molecule has 1 heterocycles. The quantitative estimate of drug-likeness (QED) is 0.646. The van der Waals surface area contributed by atoms with Gasteiger partial charge < -0.3 is 9.88 Å². The second-order valence-electron chi connectivity index (χ2n) is 4.74. The molecule has 1 aromatic carbocycles. The molecular formula is C13H11ClF4N4OS. The molecule has 0 spiro atoms. The number of rotatable bonds is 4. The Morgan fingerprint density at radius 2 is 2.04 bits per heavy atom. The molecule has 1 aromatic heterocycles. The van der Waals surface area contributed by atoms with Crippen LogP contribution >= 0.6 is 23.4 Å². The molecule has 5 nitrogen and oxygen atoms in total. The maximum Gasteiger partial charge on any atom is 0.451 e. The van der Waals surface area contributed by atoms with E-state index in [1.807, 2.05) is 0 Å². The van der Waals surface area contributed by atoms with Crippen LogP contribution in [-0.4, -0.2) is 25.9 Å². The Balaban J connectivity index is 2.08. The zero-order valence-electron chi connectivity index (χ0n) is 12.4. The van der Waals surface area contributed by atoms with Gasteiger partial charge in [0.1, 0.15) is 5.82 Å². The number of hydrogen-bond donors (Lipinski definition) is 1. The van der Waals surface area contributed by atoms with Crippen LogP contribution in [0, 0.1) is 5.82 Å². The number of thioether (sulfide) groups is 1. The maximum atomic E-state index is 13.0. The fraction of sp³-hybridized carbons (Fsp3) is 0.308. The smallest absolute Gasteiger partial charge is 0.324 e. The molecule has 0 bridgehead atoms. The summed E-state index contributed by atoms with van der Waals surface area (Å²) in [5.74, 6) is -2.23. The van der Waals surface area contributed by atoms with Crippen molar-refractivity contribution in [3.8, 4) is 0 Å². The van der Waals surface area contributed by atoms with Gasteiger partial charge in [0.2, 0.25) is 11.7 Å². The summed E-state index contributed by atoms with van der Waals surface area (Å²) in [6, 6.07) is 3.45. The number of nitrogens with zero attached hydrogens (tertiary/aromatic N) is 3. The molecule has 0 fully saturated rings. The Morgan fingerprint density at radius 1 is 1.38 bits per heavy atom. The Hall–Kier alpha value is -1.81. The first-order chi connectivity index (χ1) is 11.1. The normalized spacial score (nSPS) is 13.0. The lowest BCUT2D eigenvalue weighted by Gasteiger charge is -2.13. The number of aromatic nitrogens is 3. The van der Waals surface area contributed by atoms with E-state index in [0.717, 1.165) is 35.5 Å². The highest BCUT2D eigenvalue weighted by atomic mass is 35.5. The summed E-state index contributed by atoms with van der Waals surface area (Å²) in [7, 11) is 1.16. The summed E-state index contributed by atoms with van der Waals surface area (Å²) >= 11 is 6.61. The molecule has 0 aliphatic heterocycles. The number of carbonyl (C=O) groups is 1. The van der Waals surface area contributed by atoms with Crippen molar-refractivity contribution in [1.82, 2.24) is 14.8 Å². The van der Waals surface area contributed by atoms with Crippen molar-refractivity contribution in [3.05, 3.63) is 34.9 Å². The number of alkyl halides is 3. The average molecular weight is 383 g/mol. The van der Waals surface area contributed by atoms with Crippen molar-refractivity contribution in [2.24, 2.45) is 7.05 Å². The van der Waals surface area contributed by atoms with E-state index < -0.39 is 29.0 Å². The molecule has 11 heteroatoms. The molecule has 1 N–H and O–H groups in total. The Kier molecular flexibility index (Phi) is 5.38. The van der Waals surface area contributed by atoms with Gasteiger partial charge in [-0.25, -0.2) is 4.39 Å². The van der Waals surface area contributed by atoms with Crippen LogP contribution in [0.4, 0.5) is 23.2 Å². The minimum atomic E-state index is -4.63. The molecule has 0 aliphatic carbocycles. The van der Waals surface area contributed by atoms with E-state index in [-0.39, 0.29) is 15.9 Å². The minimum absolute atomic E-state index is 0.0126. The van der Waals surface area contributed by atoms with E-state index in [2.05, 4.69) is 15.5 Å². The van der Waals surface area contributed by atoms with Gasteiger partial charge in [-0.2, -0.15) is 13.2 Å². The number of amides is 1. The van der Waals surface area contributed by atoms with E-state index in [0.29, 0.717) is 0 Å². The largest absolute Gasteiger partial charge is 0.451 e. The molecule has 0 aliphatic rings. The SMILES string of the molecule is C[C@@H](Sc1nnc(C(F)(F)F)n1C)C(=O)Nc1ccc(F)cc1Cl. The third-order valence-electron chi connectivity index (χ3n) is 2.93. The zero-order chi connectivity index (χ0) is 18.1. The van der Waals surface area contributed by atoms with Crippen LogP contribution in [-0.2, 0) is 18.0 Å². The molecule has 2 rings (SSSR count). The topological polar surface area (TPSA) is 59.8 Å². The summed E-state index contributed by atoms with van der Waals surface area (Å²) in [4.78, 5) is 12.1. The van der Waals surface area contributed by atoms with Crippen LogP contribution in [0.15, 0.2) is 23.4 Å². The molecule has 0 saturated heterocycles. The van der Waals surface area contributed by atoms with Crippen molar-refractivity contribution in [3.63, 3.8) is 0 Å². The minimum Gasteiger partial charge on any atom is -0.324 e. The molecule has 130 valence electrons. The molecule has 0 unspecified atom stereocenters. The molecule has 1 atom stereocenters. The van der Waals surface area contributed by atoms with Crippen molar-refractivity contribution >= 4 is 35.0 Å². The van der Waals surface area contributed by atoms with Gasteiger partial charge in [0, 0.05) is 7.05 Å². The van der Waals surface area contributed by atoms with Gasteiger partial charge in [-0.05, 0) is 25.1 Å². The van der Waals surface area contributed by atoms with Crippen LogP contribution in [0.25, 0.3) is 0 Å². The Bertz CT molecular complexity index is 765. The van der Waals surface area contributed by atoms with Crippen LogP contribution in [0.1, 0.15) is 12.7 Å². The molecule has 0 radical (unpaired) electrons. The summed E-state index contributed by atoms with van der Waals surface area (Å²) in [5.41, 5.74) is 0.199. The second kappa shape index (κ2) is 6.98. The zero-order valence-corrected chi connectivity index (χ0v) is 13.9. The standard InChI is InChI=1S/C13H11ClF4N4OS/c1-6(10(23)19-9-4-3-7(15)5-8(9)14)24-12-21-20-11(22(12)2)13(16,17)18/h3-6H,1-2H3,(H,19,23)/t6-/m1/s1. The first-order valence-corrected chi connectivity index (χ1v) is 7.74.